The van der Waals surface area contributed by atoms with Gasteiger partial charge in [-0.2, -0.15) is 35.6 Å². The number of nitrogens with zero attached hydrogens (tertiary/aromatic N) is 18. The summed E-state index contributed by atoms with van der Waals surface area (Å²) in [4.78, 5) is 37.8. The van der Waals surface area contributed by atoms with E-state index >= 15 is 8.78 Å². The summed E-state index contributed by atoms with van der Waals surface area (Å²) in [6, 6.07) is 12.6. The number of methoxy groups -OCH3 is 4. The van der Waals surface area contributed by atoms with Crippen LogP contribution >= 0.6 is 0 Å². The molecule has 0 amide bonds. The number of aromatic nitrogens is 14. The van der Waals surface area contributed by atoms with Crippen molar-refractivity contribution in [3.63, 3.8) is 0 Å². The molecule has 0 saturated heterocycles. The van der Waals surface area contributed by atoms with Gasteiger partial charge in [-0.25, -0.2) is 46.6 Å². The van der Waals surface area contributed by atoms with Crippen molar-refractivity contribution in [2.45, 2.75) is 13.1 Å². The van der Waals surface area contributed by atoms with E-state index in [4.69, 9.17) is 28.9 Å². The van der Waals surface area contributed by atoms with Gasteiger partial charge in [-0.3, -0.25) is 19.3 Å². The Morgan fingerprint density at radius 1 is 0.600 bits per heavy atom. The van der Waals surface area contributed by atoms with Crippen LogP contribution in [-0.4, -0.2) is 149 Å². The van der Waals surface area contributed by atoms with Gasteiger partial charge in [0.1, 0.15) is 52.2 Å². The molecule has 0 atom stereocenters. The lowest BCUT2D eigenvalue weighted by Crippen LogP contribution is -2.27. The van der Waals surface area contributed by atoms with Gasteiger partial charge in [0.2, 0.25) is 0 Å². The zero-order valence-corrected chi connectivity index (χ0v) is 46.3. The molecule has 8 aromatic heterocycles. The van der Waals surface area contributed by atoms with E-state index in [1.54, 1.807) is 83.3 Å². The van der Waals surface area contributed by atoms with E-state index in [1.165, 1.54) is 111 Å². The Morgan fingerprint density at radius 2 is 1.15 bits per heavy atom. The van der Waals surface area contributed by atoms with Crippen LogP contribution < -0.4 is 29.3 Å². The lowest BCUT2D eigenvalue weighted by Gasteiger charge is -2.25. The highest BCUT2D eigenvalue weighted by Gasteiger charge is 2.25. The summed E-state index contributed by atoms with van der Waals surface area (Å²) in [6.07, 6.45) is 15.4. The summed E-state index contributed by atoms with van der Waals surface area (Å²) in [5.74, 6) is -0.401. The van der Waals surface area contributed by atoms with E-state index in [0.717, 1.165) is 27.7 Å². The Kier molecular flexibility index (Phi) is 15.7. The number of hydrogen-bond acceptors (Lipinski definition) is 19. The van der Waals surface area contributed by atoms with E-state index < -0.39 is 32.1 Å². The average Bonchev–Trinajstić information content (AvgIpc) is 4.31. The van der Waals surface area contributed by atoms with Gasteiger partial charge in [-0.1, -0.05) is 0 Å². The van der Waals surface area contributed by atoms with Gasteiger partial charge in [0, 0.05) is 102 Å². The molecule has 80 heavy (non-hydrogen) atoms. The molecular formula is C50H52F2N18O8S2. The molecule has 10 aromatic rings. The van der Waals surface area contributed by atoms with Gasteiger partial charge in [-0.15, -0.1) is 0 Å². The van der Waals surface area contributed by atoms with Gasteiger partial charge in [0.05, 0.1) is 94.8 Å². The van der Waals surface area contributed by atoms with Crippen LogP contribution in [0.1, 0.15) is 11.4 Å². The molecule has 0 bridgehead atoms. The van der Waals surface area contributed by atoms with Crippen molar-refractivity contribution in [2.24, 2.45) is 19.1 Å². The number of anilines is 2. The highest BCUT2D eigenvalue weighted by Crippen LogP contribution is 2.38. The Balaban J connectivity index is 0.000000194. The maximum Gasteiger partial charge on any atom is 0.308 e. The lowest BCUT2D eigenvalue weighted by atomic mass is 10.2. The zero-order chi connectivity index (χ0) is 57.2. The van der Waals surface area contributed by atoms with Crippen molar-refractivity contribution in [1.82, 2.24) is 75.6 Å². The minimum atomic E-state index is -3.79. The standard InChI is InChI=1S/2C25H26FN9O4S/c1-32(2)40(36,37)34-13-17(28-15-34)14-35(21-8-18(38-4)9-22(39-5)24(21)26)23-7-6-19-25(31-23)30-20(11-27-19)16-10-29-33(3)12-16;1-32(2)40(36,37)34-13-17(28-15-34)14-35-23(30-20-8-18(38-4)9-22(39-5)24(20)26)7-6-19-25(35)31-21(11-27-19)16-10-29-33(3)12-16/h2*6-13,15H,14H2,1-5H3. The summed E-state index contributed by atoms with van der Waals surface area (Å²) < 4.78 is 112. The monoisotopic (exact) mass is 1130 g/mol. The van der Waals surface area contributed by atoms with Crippen molar-refractivity contribution in [2.75, 3.05) is 61.5 Å². The molecule has 2 aromatic carbocycles. The summed E-state index contributed by atoms with van der Waals surface area (Å²) in [5, 5.41) is 8.38. The van der Waals surface area contributed by atoms with Crippen LogP contribution in [0.2, 0.25) is 0 Å². The third kappa shape index (κ3) is 11.3. The molecule has 0 aliphatic carbocycles. The maximum absolute atomic E-state index is 15.7. The van der Waals surface area contributed by atoms with Crippen molar-refractivity contribution < 1.29 is 44.6 Å². The Morgan fingerprint density at radius 3 is 1.73 bits per heavy atom. The van der Waals surface area contributed by atoms with Gasteiger partial charge < -0.3 is 28.4 Å². The van der Waals surface area contributed by atoms with Gasteiger partial charge >= 0.3 is 20.4 Å². The number of pyridine rings is 2. The number of hydrogen-bond donors (Lipinski definition) is 0. The Labute approximate surface area is 456 Å². The molecule has 26 nitrogen and oxygen atoms in total. The minimum absolute atomic E-state index is 0.0265. The summed E-state index contributed by atoms with van der Waals surface area (Å²) in [5.41, 5.74) is 5.53. The van der Waals surface area contributed by atoms with E-state index in [9.17, 15) is 16.8 Å². The van der Waals surface area contributed by atoms with E-state index in [2.05, 4.69) is 40.1 Å². The fraction of sp³-hybridized carbons (Fsp3) is 0.240. The summed E-state index contributed by atoms with van der Waals surface area (Å²) in [6.45, 7) is 0.0113. The van der Waals surface area contributed by atoms with Crippen LogP contribution in [0.3, 0.4) is 0 Å². The number of fused-ring (bicyclic) bond motifs is 2. The first kappa shape index (κ1) is 55.5. The maximum atomic E-state index is 15.7. The normalized spacial score (nSPS) is 12.1. The first-order chi connectivity index (χ1) is 38.2. The molecule has 0 radical (unpaired) electrons. The Bertz CT molecular complexity index is 4240. The number of rotatable bonds is 17. The molecule has 0 aliphatic heterocycles. The van der Waals surface area contributed by atoms with Crippen molar-refractivity contribution in [3.05, 3.63) is 139 Å². The van der Waals surface area contributed by atoms with Crippen molar-refractivity contribution >= 4 is 59.9 Å². The van der Waals surface area contributed by atoms with Crippen LogP contribution in [0.15, 0.2) is 116 Å². The first-order valence-electron chi connectivity index (χ1n) is 23.8. The molecule has 0 unspecified atom stereocenters. The second kappa shape index (κ2) is 22.6. The SMILES string of the molecule is COc1cc(N=c2ccc3ncc(-c4cnn(C)c4)nc3n2Cc2cn(S(=O)(=O)N(C)C)cn2)c(F)c(OC)c1.COc1cc(OC)c(F)c(N(Cc2cn(S(=O)(=O)N(C)C)cn2)c2ccc3ncc(-c4cnn(C)c4)nc3n2)c1. The second-order valence-electron chi connectivity index (χ2n) is 17.8. The van der Waals surface area contributed by atoms with E-state index in [0.29, 0.717) is 67.9 Å². The third-order valence-electron chi connectivity index (χ3n) is 12.1. The average molecular weight is 1140 g/mol. The molecule has 8 heterocycles. The smallest absolute Gasteiger partial charge is 0.308 e. The largest absolute Gasteiger partial charge is 0.497 e. The van der Waals surface area contributed by atoms with E-state index in [1.807, 2.05) is 6.20 Å². The first-order valence-corrected chi connectivity index (χ1v) is 26.6. The highest BCUT2D eigenvalue weighted by molar-refractivity contribution is 7.87. The number of benzene rings is 2. The number of aryl methyl sites for hydroxylation is 2. The molecule has 10 rings (SSSR count). The third-order valence-corrected chi connectivity index (χ3v) is 15.4. The fourth-order valence-electron chi connectivity index (χ4n) is 7.88. The van der Waals surface area contributed by atoms with Crippen molar-refractivity contribution in [1.29, 1.82) is 0 Å². The molecular weight excluding hydrogens is 1080 g/mol. The number of imidazole rings is 2. The summed E-state index contributed by atoms with van der Waals surface area (Å²) >= 11 is 0. The molecule has 0 N–H and O–H groups in total. The predicted octanol–water partition coefficient (Wildman–Crippen LogP) is 4.89. The highest BCUT2D eigenvalue weighted by atomic mass is 32.2. The lowest BCUT2D eigenvalue weighted by molar-refractivity contribution is 0.374. The van der Waals surface area contributed by atoms with Gasteiger partial charge in [0.25, 0.3) is 0 Å². The van der Waals surface area contributed by atoms with E-state index in [-0.39, 0.29) is 36.0 Å². The quantitative estimate of drug-likeness (QED) is 0.117. The van der Waals surface area contributed by atoms with Crippen LogP contribution in [0, 0.1) is 11.6 Å². The molecule has 30 heteroatoms. The van der Waals surface area contributed by atoms with Gasteiger partial charge in [0.15, 0.2) is 34.4 Å². The summed E-state index contributed by atoms with van der Waals surface area (Å²) in [7, 11) is 7.34. The van der Waals surface area contributed by atoms with Gasteiger partial charge in [-0.05, 0) is 24.3 Å². The second-order valence-corrected chi connectivity index (χ2v) is 21.9. The Hall–Kier alpha value is -9.26. The number of halogens is 2. The van der Waals surface area contributed by atoms with Crippen molar-refractivity contribution in [3.8, 4) is 45.5 Å². The molecule has 416 valence electrons. The molecule has 0 spiro atoms. The molecule has 0 saturated carbocycles. The van der Waals surface area contributed by atoms with Crippen LogP contribution in [0.25, 0.3) is 44.8 Å². The predicted molar refractivity (Wildman–Crippen MR) is 289 cm³/mol. The molecule has 0 aliphatic rings. The van der Waals surface area contributed by atoms with Crippen LogP contribution in [-0.2, 0) is 47.6 Å². The fourth-order valence-corrected chi connectivity index (χ4v) is 9.48. The van der Waals surface area contributed by atoms with Crippen LogP contribution in [0.5, 0.6) is 23.0 Å². The number of ether oxygens (including phenoxy) is 4. The molecule has 0 fully saturated rings. The minimum Gasteiger partial charge on any atom is -0.497 e. The van der Waals surface area contributed by atoms with Crippen LogP contribution in [0.4, 0.5) is 26.0 Å². The zero-order valence-electron chi connectivity index (χ0n) is 44.7. The topological polar surface area (TPSA) is 268 Å².